The number of hydrogen-bond donors (Lipinski definition) is 1. The van der Waals surface area contributed by atoms with Crippen molar-refractivity contribution in [1.82, 2.24) is 4.90 Å². The first kappa shape index (κ1) is 17.7. The van der Waals surface area contributed by atoms with Crippen LogP contribution in [0.3, 0.4) is 0 Å². The van der Waals surface area contributed by atoms with E-state index in [4.69, 9.17) is 14.0 Å². The number of likely N-dealkylation sites (tertiary alicyclic amines) is 1. The number of rotatable bonds is 3. The van der Waals surface area contributed by atoms with Gasteiger partial charge < -0.3 is 9.84 Å². The molecule has 1 aliphatic rings. The molecule has 1 N–H and O–H groups in total. The van der Waals surface area contributed by atoms with E-state index in [1.165, 1.54) is 0 Å². The smallest absolute Gasteiger partial charge is 0.411 e. The highest BCUT2D eigenvalue weighted by Crippen LogP contribution is 2.23. The molecule has 0 bridgehead atoms. The maximum Gasteiger partial charge on any atom is 0.411 e. The molecule has 0 unspecified atom stereocenters. The quantitative estimate of drug-likeness (QED) is 0.765. The lowest BCUT2D eigenvalue weighted by Gasteiger charge is -2.37. The molecule has 1 saturated heterocycles. The molecule has 0 aliphatic carbocycles. The number of carbonyl (C=O) groups is 2. The molecule has 1 heterocycles. The average Bonchev–Trinajstić information content (AvgIpc) is 2.23. The Morgan fingerprint density at radius 1 is 1.24 bits per heavy atom. The average molecular weight is 323 g/mol. The van der Waals surface area contributed by atoms with Crippen LogP contribution in [0, 0.1) is 0 Å². The minimum absolute atomic E-state index is 0.106. The van der Waals surface area contributed by atoms with Gasteiger partial charge in [-0.3, -0.25) is 9.08 Å². The van der Waals surface area contributed by atoms with E-state index in [9.17, 15) is 18.0 Å². The van der Waals surface area contributed by atoms with Crippen LogP contribution in [0.4, 0.5) is 4.79 Å². The predicted molar refractivity (Wildman–Crippen MR) is 73.3 cm³/mol. The summed E-state index contributed by atoms with van der Waals surface area (Å²) in [5, 5.41) is 9.17. The highest BCUT2D eigenvalue weighted by molar-refractivity contribution is 7.86. The number of piperidine rings is 1. The minimum atomic E-state index is -3.67. The predicted octanol–water partition coefficient (Wildman–Crippen LogP) is 0.815. The van der Waals surface area contributed by atoms with Crippen LogP contribution in [0.2, 0.25) is 0 Å². The second kappa shape index (κ2) is 6.18. The van der Waals surface area contributed by atoms with Gasteiger partial charge in [0.2, 0.25) is 0 Å². The minimum Gasteiger partial charge on any atom is -0.480 e. The van der Waals surface area contributed by atoms with Crippen LogP contribution >= 0.6 is 0 Å². The normalized spacial score (nSPS) is 23.7. The third-order valence-corrected chi connectivity index (χ3v) is 3.38. The van der Waals surface area contributed by atoms with E-state index in [0.717, 1.165) is 11.2 Å². The van der Waals surface area contributed by atoms with Gasteiger partial charge in [0.1, 0.15) is 11.6 Å². The van der Waals surface area contributed by atoms with Gasteiger partial charge in [-0.05, 0) is 33.6 Å². The molecule has 1 fully saturated rings. The first-order chi connectivity index (χ1) is 9.39. The summed E-state index contributed by atoms with van der Waals surface area (Å²) in [6.07, 6.45) is -0.300. The number of carboxylic acids is 1. The van der Waals surface area contributed by atoms with Crippen LogP contribution in [0.5, 0.6) is 0 Å². The van der Waals surface area contributed by atoms with E-state index in [2.05, 4.69) is 0 Å². The summed E-state index contributed by atoms with van der Waals surface area (Å²) in [7, 11) is -3.67. The van der Waals surface area contributed by atoms with Crippen molar-refractivity contribution in [3.05, 3.63) is 0 Å². The molecule has 9 heteroatoms. The van der Waals surface area contributed by atoms with E-state index in [1.54, 1.807) is 20.8 Å². The molecule has 0 spiro atoms. The molecule has 1 amide bonds. The highest BCUT2D eigenvalue weighted by Gasteiger charge is 2.39. The van der Waals surface area contributed by atoms with Crippen molar-refractivity contribution < 1.29 is 32.0 Å². The Morgan fingerprint density at radius 2 is 1.81 bits per heavy atom. The van der Waals surface area contributed by atoms with Crippen molar-refractivity contribution in [3.63, 3.8) is 0 Å². The SMILES string of the molecule is CC(C)(C)OC(=O)N1C[C@@H](OS(C)(=O)=O)CC[C@H]1C(=O)O. The second-order valence-electron chi connectivity index (χ2n) is 5.99. The van der Waals surface area contributed by atoms with Crippen molar-refractivity contribution in [2.45, 2.75) is 51.4 Å². The van der Waals surface area contributed by atoms with Crippen molar-refractivity contribution in [2.75, 3.05) is 12.8 Å². The summed E-state index contributed by atoms with van der Waals surface area (Å²) >= 11 is 0. The van der Waals surface area contributed by atoms with E-state index in [1.807, 2.05) is 0 Å². The summed E-state index contributed by atoms with van der Waals surface area (Å²) in [4.78, 5) is 24.3. The number of nitrogens with zero attached hydrogens (tertiary/aromatic N) is 1. The monoisotopic (exact) mass is 323 g/mol. The van der Waals surface area contributed by atoms with Crippen LogP contribution in [0.25, 0.3) is 0 Å². The molecule has 2 atom stereocenters. The Hall–Kier alpha value is -1.35. The Kier molecular flexibility index (Phi) is 5.21. The fourth-order valence-electron chi connectivity index (χ4n) is 2.04. The molecular formula is C12H21NO7S. The van der Waals surface area contributed by atoms with E-state index in [-0.39, 0.29) is 19.4 Å². The Morgan fingerprint density at radius 3 is 2.24 bits per heavy atom. The topological polar surface area (TPSA) is 110 Å². The highest BCUT2D eigenvalue weighted by atomic mass is 32.2. The molecule has 0 aromatic carbocycles. The van der Waals surface area contributed by atoms with Crippen molar-refractivity contribution in [2.24, 2.45) is 0 Å². The van der Waals surface area contributed by atoms with Gasteiger partial charge in [0.05, 0.1) is 18.9 Å². The number of carboxylic acid groups (broad SMARTS) is 1. The largest absolute Gasteiger partial charge is 0.480 e. The third kappa shape index (κ3) is 5.88. The van der Waals surface area contributed by atoms with Gasteiger partial charge in [-0.2, -0.15) is 8.42 Å². The lowest BCUT2D eigenvalue weighted by atomic mass is 10.0. The summed E-state index contributed by atoms with van der Waals surface area (Å²) < 4.78 is 32.3. The van der Waals surface area contributed by atoms with Crippen LogP contribution < -0.4 is 0 Å². The standard InChI is InChI=1S/C12H21NO7S/c1-12(2,3)19-11(16)13-7-8(20-21(4,17)18)5-6-9(13)10(14)15/h8-9H,5-7H2,1-4H3,(H,14,15)/t8-,9-/m0/s1. The van der Waals surface area contributed by atoms with Gasteiger partial charge in [0, 0.05) is 0 Å². The molecular weight excluding hydrogens is 302 g/mol. The van der Waals surface area contributed by atoms with Crippen LogP contribution in [0.1, 0.15) is 33.6 Å². The van der Waals surface area contributed by atoms with E-state index >= 15 is 0 Å². The maximum absolute atomic E-state index is 12.1. The Bertz CT molecular complexity index is 508. The Labute approximate surface area is 124 Å². The lowest BCUT2D eigenvalue weighted by molar-refractivity contribution is -0.145. The fraction of sp³-hybridized carbons (Fsp3) is 0.833. The van der Waals surface area contributed by atoms with Gasteiger partial charge in [-0.15, -0.1) is 0 Å². The zero-order chi connectivity index (χ0) is 16.4. The van der Waals surface area contributed by atoms with Crippen molar-refractivity contribution in [3.8, 4) is 0 Å². The number of carbonyl (C=O) groups excluding carboxylic acids is 1. The summed E-state index contributed by atoms with van der Waals surface area (Å²) in [5.74, 6) is -1.15. The van der Waals surface area contributed by atoms with Crippen LogP contribution in [-0.2, 0) is 23.8 Å². The summed E-state index contributed by atoms with van der Waals surface area (Å²) in [6, 6.07) is -1.04. The zero-order valence-corrected chi connectivity index (χ0v) is 13.3. The molecule has 1 rings (SSSR count). The molecule has 1 aliphatic heterocycles. The number of amides is 1. The maximum atomic E-state index is 12.1. The van der Waals surface area contributed by atoms with Gasteiger partial charge >= 0.3 is 12.1 Å². The van der Waals surface area contributed by atoms with Crippen LogP contribution in [0.15, 0.2) is 0 Å². The first-order valence-electron chi connectivity index (χ1n) is 6.50. The molecule has 8 nitrogen and oxygen atoms in total. The molecule has 0 aromatic rings. The lowest BCUT2D eigenvalue weighted by Crippen LogP contribution is -2.54. The summed E-state index contributed by atoms with van der Waals surface area (Å²) in [6.45, 7) is 4.85. The van der Waals surface area contributed by atoms with Crippen molar-refractivity contribution >= 4 is 22.2 Å². The molecule has 21 heavy (non-hydrogen) atoms. The van der Waals surface area contributed by atoms with Crippen molar-refractivity contribution in [1.29, 1.82) is 0 Å². The van der Waals surface area contributed by atoms with E-state index < -0.39 is 39.9 Å². The first-order valence-corrected chi connectivity index (χ1v) is 8.31. The second-order valence-corrected chi connectivity index (χ2v) is 7.59. The number of aliphatic carboxylic acids is 1. The zero-order valence-electron chi connectivity index (χ0n) is 12.5. The fourth-order valence-corrected chi connectivity index (χ4v) is 2.69. The van der Waals surface area contributed by atoms with E-state index in [0.29, 0.717) is 0 Å². The Balaban J connectivity index is 2.86. The molecule has 0 saturated carbocycles. The molecule has 0 aromatic heterocycles. The third-order valence-electron chi connectivity index (χ3n) is 2.76. The molecule has 0 radical (unpaired) electrons. The van der Waals surface area contributed by atoms with Gasteiger partial charge in [0.15, 0.2) is 0 Å². The van der Waals surface area contributed by atoms with Crippen LogP contribution in [-0.4, -0.2) is 61.0 Å². The summed E-state index contributed by atoms with van der Waals surface area (Å²) in [5.41, 5.74) is -0.773. The number of hydrogen-bond acceptors (Lipinski definition) is 6. The number of ether oxygens (including phenoxy) is 1. The van der Waals surface area contributed by atoms with Gasteiger partial charge in [-0.25, -0.2) is 9.59 Å². The molecule has 122 valence electrons. The van der Waals surface area contributed by atoms with Gasteiger partial charge in [0.25, 0.3) is 10.1 Å². The van der Waals surface area contributed by atoms with Gasteiger partial charge in [-0.1, -0.05) is 0 Å².